The Hall–Kier alpha value is -1.96. The Morgan fingerprint density at radius 1 is 1.23 bits per heavy atom. The number of carbonyl (C=O) groups excluding carboxylic acids is 2. The van der Waals surface area contributed by atoms with Crippen molar-refractivity contribution in [3.63, 3.8) is 0 Å². The summed E-state index contributed by atoms with van der Waals surface area (Å²) in [5.41, 5.74) is 0.749. The maximum Gasteiger partial charge on any atom is 0.243 e. The highest BCUT2D eigenvalue weighted by Crippen LogP contribution is 2.25. The summed E-state index contributed by atoms with van der Waals surface area (Å²) in [4.78, 5) is 23.7. The molecule has 1 aliphatic rings. The van der Waals surface area contributed by atoms with E-state index in [2.05, 4.69) is 29.1 Å². The highest BCUT2D eigenvalue weighted by Gasteiger charge is 2.27. The van der Waals surface area contributed by atoms with Gasteiger partial charge in [-0.05, 0) is 56.9 Å². The van der Waals surface area contributed by atoms with Gasteiger partial charge in [0.05, 0.1) is 16.1 Å². The van der Waals surface area contributed by atoms with E-state index in [0.29, 0.717) is 10.0 Å². The van der Waals surface area contributed by atoms with E-state index in [-0.39, 0.29) is 29.8 Å². The van der Waals surface area contributed by atoms with Crippen LogP contribution < -0.4 is 10.6 Å². The average Bonchev–Trinajstić information content (AvgIpc) is 2.63. The van der Waals surface area contributed by atoms with Crippen LogP contribution in [-0.4, -0.2) is 23.9 Å². The lowest BCUT2D eigenvalue weighted by Crippen LogP contribution is -2.42. The number of halogens is 2. The number of benzene rings is 1. The fraction of sp³-hybridized carbons (Fsp3) is 0.400. The quantitative estimate of drug-likeness (QED) is 0.605. The lowest BCUT2D eigenvalue weighted by Gasteiger charge is -2.28. The van der Waals surface area contributed by atoms with Crippen LogP contribution in [-0.2, 0) is 9.59 Å². The number of nitrogens with one attached hydrogen (secondary N) is 2. The van der Waals surface area contributed by atoms with E-state index in [9.17, 15) is 9.59 Å². The van der Waals surface area contributed by atoms with Gasteiger partial charge >= 0.3 is 0 Å². The Morgan fingerprint density at radius 3 is 2.54 bits per heavy atom. The first-order chi connectivity index (χ1) is 12.4. The summed E-state index contributed by atoms with van der Waals surface area (Å²) in [7, 11) is 0. The second-order valence-corrected chi connectivity index (χ2v) is 7.20. The highest BCUT2D eigenvalue weighted by atomic mass is 35.5. The van der Waals surface area contributed by atoms with E-state index in [1.807, 2.05) is 6.92 Å². The molecule has 1 aliphatic carbocycles. The third-order valence-electron chi connectivity index (χ3n) is 4.34. The Labute approximate surface area is 164 Å². The van der Waals surface area contributed by atoms with Crippen molar-refractivity contribution in [1.82, 2.24) is 10.6 Å². The number of hydrogen-bond donors (Lipinski definition) is 2. The van der Waals surface area contributed by atoms with Crippen LogP contribution in [0, 0.1) is 17.8 Å². The minimum absolute atomic E-state index is 0.00874. The van der Waals surface area contributed by atoms with Crippen LogP contribution in [0.2, 0.25) is 10.0 Å². The van der Waals surface area contributed by atoms with Crippen LogP contribution >= 0.6 is 23.2 Å². The minimum Gasteiger partial charge on any atom is -0.350 e. The second-order valence-electron chi connectivity index (χ2n) is 6.39. The van der Waals surface area contributed by atoms with Gasteiger partial charge in [-0.2, -0.15) is 0 Å². The molecule has 26 heavy (non-hydrogen) atoms. The molecule has 1 aromatic carbocycles. The van der Waals surface area contributed by atoms with Crippen LogP contribution in [0.5, 0.6) is 0 Å². The molecule has 2 N–H and O–H groups in total. The van der Waals surface area contributed by atoms with Gasteiger partial charge in [0.15, 0.2) is 0 Å². The van der Waals surface area contributed by atoms with Crippen LogP contribution in [0.3, 0.4) is 0 Å². The normalized spacial score (nSPS) is 20.3. The Kier molecular flexibility index (Phi) is 7.56. The first-order valence-corrected chi connectivity index (χ1v) is 9.34. The molecule has 1 atom stereocenters. The molecule has 0 radical (unpaired) electrons. The van der Waals surface area contributed by atoms with E-state index >= 15 is 0 Å². The lowest BCUT2D eigenvalue weighted by molar-refractivity contribution is -0.126. The molecule has 1 fully saturated rings. The standard InChI is InChI=1S/C20H22Cl2N2O2/c1-3-19(25)24-16-9-7-15(8-10-16)20(26)23-13(2)4-5-14-6-11-17(21)18(22)12-14/h3,6,11-13,15-16H,1,7-10H2,2H3,(H,23,26)(H,24,25). The van der Waals surface area contributed by atoms with Crippen molar-refractivity contribution < 1.29 is 9.59 Å². The zero-order chi connectivity index (χ0) is 19.1. The summed E-state index contributed by atoms with van der Waals surface area (Å²) < 4.78 is 0. The molecular weight excluding hydrogens is 371 g/mol. The third kappa shape index (κ3) is 6.09. The molecule has 4 nitrogen and oxygen atoms in total. The van der Waals surface area contributed by atoms with Crippen molar-refractivity contribution in [2.24, 2.45) is 5.92 Å². The van der Waals surface area contributed by atoms with Crippen molar-refractivity contribution in [1.29, 1.82) is 0 Å². The van der Waals surface area contributed by atoms with E-state index in [0.717, 1.165) is 31.2 Å². The van der Waals surface area contributed by atoms with Gasteiger partial charge in [-0.3, -0.25) is 9.59 Å². The first kappa shape index (κ1) is 20.4. The summed E-state index contributed by atoms with van der Waals surface area (Å²) >= 11 is 11.8. The lowest BCUT2D eigenvalue weighted by atomic mass is 9.85. The molecule has 2 rings (SSSR count). The van der Waals surface area contributed by atoms with Crippen molar-refractivity contribution in [3.8, 4) is 11.8 Å². The summed E-state index contributed by atoms with van der Waals surface area (Å²) in [5.74, 6) is 5.80. The monoisotopic (exact) mass is 392 g/mol. The summed E-state index contributed by atoms with van der Waals surface area (Å²) in [6.45, 7) is 5.29. The van der Waals surface area contributed by atoms with E-state index in [1.54, 1.807) is 18.2 Å². The SMILES string of the molecule is C=CC(=O)NC1CCC(C(=O)NC(C)C#Cc2ccc(Cl)c(Cl)c2)CC1. The topological polar surface area (TPSA) is 58.2 Å². The van der Waals surface area contributed by atoms with Crippen molar-refractivity contribution >= 4 is 35.0 Å². The third-order valence-corrected chi connectivity index (χ3v) is 5.08. The molecule has 138 valence electrons. The molecule has 2 amide bonds. The van der Waals surface area contributed by atoms with Crippen LogP contribution in [0.4, 0.5) is 0 Å². The fourth-order valence-corrected chi connectivity index (χ4v) is 3.19. The summed E-state index contributed by atoms with van der Waals surface area (Å²) in [6, 6.07) is 5.03. The number of amides is 2. The Balaban J connectivity index is 1.82. The molecule has 0 aliphatic heterocycles. The predicted molar refractivity (Wildman–Crippen MR) is 105 cm³/mol. The van der Waals surface area contributed by atoms with Gasteiger partial charge in [0.25, 0.3) is 0 Å². The largest absolute Gasteiger partial charge is 0.350 e. The molecule has 1 unspecified atom stereocenters. The molecule has 1 aromatic rings. The van der Waals surface area contributed by atoms with E-state index < -0.39 is 0 Å². The maximum absolute atomic E-state index is 12.4. The zero-order valence-electron chi connectivity index (χ0n) is 14.6. The molecular formula is C20H22Cl2N2O2. The van der Waals surface area contributed by atoms with Crippen LogP contribution in [0.25, 0.3) is 0 Å². The van der Waals surface area contributed by atoms with Crippen molar-refractivity contribution in [2.75, 3.05) is 0 Å². The molecule has 0 spiro atoms. The van der Waals surface area contributed by atoms with Crippen molar-refractivity contribution in [3.05, 3.63) is 46.5 Å². The molecule has 0 heterocycles. The van der Waals surface area contributed by atoms with Crippen LogP contribution in [0.15, 0.2) is 30.9 Å². The molecule has 0 saturated heterocycles. The molecule has 0 bridgehead atoms. The molecule has 0 aromatic heterocycles. The fourth-order valence-electron chi connectivity index (χ4n) is 2.89. The van der Waals surface area contributed by atoms with Crippen molar-refractivity contribution in [2.45, 2.75) is 44.7 Å². The van der Waals surface area contributed by atoms with Gasteiger partial charge in [-0.25, -0.2) is 0 Å². The van der Waals surface area contributed by atoms with E-state index in [1.165, 1.54) is 6.08 Å². The van der Waals surface area contributed by atoms with Gasteiger partial charge in [0.1, 0.15) is 0 Å². The van der Waals surface area contributed by atoms with Gasteiger partial charge in [-0.15, -0.1) is 0 Å². The van der Waals surface area contributed by atoms with Crippen LogP contribution in [0.1, 0.15) is 38.2 Å². The first-order valence-electron chi connectivity index (χ1n) is 8.59. The van der Waals surface area contributed by atoms with E-state index in [4.69, 9.17) is 23.2 Å². The number of carbonyl (C=O) groups is 2. The summed E-state index contributed by atoms with van der Waals surface area (Å²) in [5, 5.41) is 6.76. The molecule has 1 saturated carbocycles. The smallest absolute Gasteiger partial charge is 0.243 e. The molecule has 6 heteroatoms. The van der Waals surface area contributed by atoms with Gasteiger partial charge in [0, 0.05) is 17.5 Å². The number of rotatable bonds is 4. The highest BCUT2D eigenvalue weighted by molar-refractivity contribution is 6.42. The minimum atomic E-state index is -0.268. The second kappa shape index (κ2) is 9.66. The zero-order valence-corrected chi connectivity index (χ0v) is 16.2. The summed E-state index contributed by atoms with van der Waals surface area (Å²) in [6.07, 6.45) is 4.36. The Bertz CT molecular complexity index is 744. The van der Waals surface area contributed by atoms with Gasteiger partial charge < -0.3 is 10.6 Å². The number of hydrogen-bond acceptors (Lipinski definition) is 2. The average molecular weight is 393 g/mol. The van der Waals surface area contributed by atoms with Gasteiger partial charge in [-0.1, -0.05) is 41.6 Å². The van der Waals surface area contributed by atoms with Gasteiger partial charge in [0.2, 0.25) is 11.8 Å². The predicted octanol–water partition coefficient (Wildman–Crippen LogP) is 3.71. The maximum atomic E-state index is 12.4. The Morgan fingerprint density at radius 2 is 1.92 bits per heavy atom.